The zero-order valence-electron chi connectivity index (χ0n) is 10.3. The molecule has 0 saturated carbocycles. The van der Waals surface area contributed by atoms with Crippen LogP contribution in [0.25, 0.3) is 22.6 Å². The molecule has 4 heteroatoms. The maximum atomic E-state index is 5.78. The van der Waals surface area contributed by atoms with Crippen LogP contribution in [0.3, 0.4) is 0 Å². The zero-order valence-corrected chi connectivity index (χ0v) is 10.3. The predicted octanol–water partition coefficient (Wildman–Crippen LogP) is 2.91. The molecular formula is C15H14N4. The van der Waals surface area contributed by atoms with E-state index in [2.05, 4.69) is 9.97 Å². The second kappa shape index (κ2) is 4.49. The number of aromatic nitrogens is 2. The van der Waals surface area contributed by atoms with Gasteiger partial charge in [0, 0.05) is 22.5 Å². The number of hydrogen-bond acceptors (Lipinski definition) is 3. The van der Waals surface area contributed by atoms with E-state index < -0.39 is 0 Å². The number of hydrogen-bond donors (Lipinski definition) is 3. The van der Waals surface area contributed by atoms with Gasteiger partial charge in [-0.3, -0.25) is 0 Å². The molecule has 0 bridgehead atoms. The summed E-state index contributed by atoms with van der Waals surface area (Å²) in [5.74, 6) is 0.796. The van der Waals surface area contributed by atoms with Gasteiger partial charge in [0.25, 0.3) is 0 Å². The molecule has 3 rings (SSSR count). The normalized spacial score (nSPS) is 10.5. The first kappa shape index (κ1) is 11.3. The van der Waals surface area contributed by atoms with Crippen LogP contribution in [0.15, 0.2) is 54.7 Å². The van der Waals surface area contributed by atoms with Gasteiger partial charge in [0.2, 0.25) is 0 Å². The average molecular weight is 250 g/mol. The third-order valence-electron chi connectivity index (χ3n) is 2.93. The third kappa shape index (κ3) is 2.28. The molecule has 19 heavy (non-hydrogen) atoms. The van der Waals surface area contributed by atoms with Crippen molar-refractivity contribution in [3.8, 4) is 22.6 Å². The maximum absolute atomic E-state index is 5.78. The Labute approximate surface area is 111 Å². The molecule has 0 atom stereocenters. The van der Waals surface area contributed by atoms with E-state index in [0.717, 1.165) is 34.0 Å². The van der Waals surface area contributed by atoms with Crippen molar-refractivity contribution >= 4 is 11.4 Å². The molecule has 0 spiro atoms. The van der Waals surface area contributed by atoms with Gasteiger partial charge < -0.3 is 16.5 Å². The molecule has 0 aliphatic heterocycles. The zero-order chi connectivity index (χ0) is 13.2. The van der Waals surface area contributed by atoms with Gasteiger partial charge in [-0.25, -0.2) is 4.98 Å². The highest BCUT2D eigenvalue weighted by Crippen LogP contribution is 2.24. The van der Waals surface area contributed by atoms with E-state index in [4.69, 9.17) is 11.5 Å². The third-order valence-corrected chi connectivity index (χ3v) is 2.93. The monoisotopic (exact) mass is 250 g/mol. The lowest BCUT2D eigenvalue weighted by Gasteiger charge is -2.00. The molecule has 3 aromatic rings. The first-order valence-electron chi connectivity index (χ1n) is 5.99. The highest BCUT2D eigenvalue weighted by molar-refractivity contribution is 5.68. The summed E-state index contributed by atoms with van der Waals surface area (Å²) in [7, 11) is 0. The minimum absolute atomic E-state index is 0.722. The Kier molecular flexibility index (Phi) is 2.68. The summed E-state index contributed by atoms with van der Waals surface area (Å²) >= 11 is 0. The summed E-state index contributed by atoms with van der Waals surface area (Å²) in [5.41, 5.74) is 15.9. The smallest absolute Gasteiger partial charge is 0.137 e. The van der Waals surface area contributed by atoms with Gasteiger partial charge in [0.1, 0.15) is 5.82 Å². The van der Waals surface area contributed by atoms with Crippen LogP contribution >= 0.6 is 0 Å². The van der Waals surface area contributed by atoms with Gasteiger partial charge in [-0.1, -0.05) is 24.3 Å². The number of nitrogen functional groups attached to an aromatic ring is 2. The van der Waals surface area contributed by atoms with Gasteiger partial charge in [-0.15, -0.1) is 0 Å². The summed E-state index contributed by atoms with van der Waals surface area (Å²) in [6, 6.07) is 15.3. The molecule has 0 aliphatic carbocycles. The van der Waals surface area contributed by atoms with Gasteiger partial charge in [-0.2, -0.15) is 0 Å². The van der Waals surface area contributed by atoms with Crippen molar-refractivity contribution in [2.75, 3.05) is 11.5 Å². The number of imidazole rings is 1. The van der Waals surface area contributed by atoms with Crippen molar-refractivity contribution in [3.63, 3.8) is 0 Å². The van der Waals surface area contributed by atoms with E-state index in [-0.39, 0.29) is 0 Å². The summed E-state index contributed by atoms with van der Waals surface area (Å²) in [4.78, 5) is 7.66. The number of nitrogens with two attached hydrogens (primary N) is 2. The fourth-order valence-electron chi connectivity index (χ4n) is 2.01. The molecule has 1 heterocycles. The minimum Gasteiger partial charge on any atom is -0.399 e. The second-order valence-electron chi connectivity index (χ2n) is 4.40. The largest absolute Gasteiger partial charge is 0.399 e. The Balaban J connectivity index is 2.00. The Hall–Kier alpha value is -2.75. The van der Waals surface area contributed by atoms with Crippen LogP contribution in [0.5, 0.6) is 0 Å². The fraction of sp³-hybridized carbons (Fsp3) is 0. The number of rotatable bonds is 2. The predicted molar refractivity (Wildman–Crippen MR) is 78.3 cm³/mol. The molecule has 0 fully saturated rings. The van der Waals surface area contributed by atoms with E-state index in [9.17, 15) is 0 Å². The van der Waals surface area contributed by atoms with Crippen LogP contribution in [-0.2, 0) is 0 Å². The molecule has 0 radical (unpaired) electrons. The van der Waals surface area contributed by atoms with E-state index in [1.54, 1.807) is 6.20 Å². The van der Waals surface area contributed by atoms with Crippen LogP contribution in [0.4, 0.5) is 11.4 Å². The van der Waals surface area contributed by atoms with Crippen molar-refractivity contribution in [2.24, 2.45) is 0 Å². The molecule has 2 aromatic carbocycles. The molecule has 4 nitrogen and oxygen atoms in total. The van der Waals surface area contributed by atoms with Crippen molar-refractivity contribution in [1.29, 1.82) is 0 Å². The van der Waals surface area contributed by atoms with Crippen molar-refractivity contribution in [3.05, 3.63) is 54.7 Å². The van der Waals surface area contributed by atoms with Crippen LogP contribution < -0.4 is 11.5 Å². The highest BCUT2D eigenvalue weighted by atomic mass is 14.9. The fourth-order valence-corrected chi connectivity index (χ4v) is 2.01. The van der Waals surface area contributed by atoms with Gasteiger partial charge in [0.05, 0.1) is 11.9 Å². The lowest BCUT2D eigenvalue weighted by atomic mass is 10.1. The topological polar surface area (TPSA) is 80.7 Å². The number of nitrogens with zero attached hydrogens (tertiary/aromatic N) is 1. The average Bonchev–Trinajstić information content (AvgIpc) is 2.88. The second-order valence-corrected chi connectivity index (χ2v) is 4.40. The van der Waals surface area contributed by atoms with Crippen molar-refractivity contribution in [2.45, 2.75) is 0 Å². The van der Waals surface area contributed by atoms with E-state index in [1.165, 1.54) is 0 Å². The molecule has 0 unspecified atom stereocenters. The van der Waals surface area contributed by atoms with E-state index in [0.29, 0.717) is 0 Å². The molecule has 1 aromatic heterocycles. The van der Waals surface area contributed by atoms with E-state index >= 15 is 0 Å². The summed E-state index contributed by atoms with van der Waals surface area (Å²) < 4.78 is 0. The Morgan fingerprint density at radius 1 is 0.842 bits per heavy atom. The SMILES string of the molecule is Nc1cccc(-c2cnc(-c3cccc(N)c3)[nH]2)c1. The van der Waals surface area contributed by atoms with Gasteiger partial charge in [0.15, 0.2) is 0 Å². The van der Waals surface area contributed by atoms with Crippen molar-refractivity contribution < 1.29 is 0 Å². The summed E-state index contributed by atoms with van der Waals surface area (Å²) in [6.45, 7) is 0. The molecule has 0 aliphatic rings. The Morgan fingerprint density at radius 2 is 1.47 bits per heavy atom. The highest BCUT2D eigenvalue weighted by Gasteiger charge is 2.05. The van der Waals surface area contributed by atoms with Gasteiger partial charge >= 0.3 is 0 Å². The standard InChI is InChI=1S/C15H14N4/c16-12-5-1-3-10(7-12)14-9-18-15(19-14)11-4-2-6-13(17)8-11/h1-9H,16-17H2,(H,18,19). The number of H-pyrrole nitrogens is 1. The Morgan fingerprint density at radius 3 is 2.16 bits per heavy atom. The lowest BCUT2D eigenvalue weighted by Crippen LogP contribution is -1.87. The van der Waals surface area contributed by atoms with Crippen LogP contribution in [0.2, 0.25) is 0 Å². The first-order valence-corrected chi connectivity index (χ1v) is 5.99. The summed E-state index contributed by atoms with van der Waals surface area (Å²) in [6.07, 6.45) is 1.80. The molecule has 5 N–H and O–H groups in total. The number of anilines is 2. The lowest BCUT2D eigenvalue weighted by molar-refractivity contribution is 1.31. The first-order chi connectivity index (χ1) is 9.22. The summed E-state index contributed by atoms with van der Waals surface area (Å²) in [5, 5.41) is 0. The van der Waals surface area contributed by atoms with Crippen molar-refractivity contribution in [1.82, 2.24) is 9.97 Å². The number of aromatic amines is 1. The minimum atomic E-state index is 0.722. The molecule has 0 saturated heterocycles. The molecule has 0 amide bonds. The van der Waals surface area contributed by atoms with E-state index in [1.807, 2.05) is 48.5 Å². The maximum Gasteiger partial charge on any atom is 0.137 e. The molecule has 94 valence electrons. The van der Waals surface area contributed by atoms with Gasteiger partial charge in [-0.05, 0) is 24.3 Å². The Bertz CT molecular complexity index is 655. The van der Waals surface area contributed by atoms with Crippen LogP contribution in [0.1, 0.15) is 0 Å². The quantitative estimate of drug-likeness (QED) is 0.612. The van der Waals surface area contributed by atoms with Crippen LogP contribution in [-0.4, -0.2) is 9.97 Å². The molecular weight excluding hydrogens is 236 g/mol. The number of benzene rings is 2. The van der Waals surface area contributed by atoms with Crippen LogP contribution in [0, 0.1) is 0 Å². The number of nitrogens with one attached hydrogen (secondary N) is 1.